The lowest BCUT2D eigenvalue weighted by Gasteiger charge is -2.18. The molecule has 0 aliphatic carbocycles. The van der Waals surface area contributed by atoms with Gasteiger partial charge in [-0.2, -0.15) is 0 Å². The van der Waals surface area contributed by atoms with E-state index in [0.29, 0.717) is 6.42 Å². The first-order valence-corrected chi connectivity index (χ1v) is 21.2. The van der Waals surface area contributed by atoms with Crippen LogP contribution >= 0.6 is 7.82 Å². The van der Waals surface area contributed by atoms with Crippen LogP contribution < -0.4 is 0 Å². The van der Waals surface area contributed by atoms with Crippen molar-refractivity contribution in [1.29, 1.82) is 0 Å². The van der Waals surface area contributed by atoms with Gasteiger partial charge in [0.25, 0.3) is 0 Å². The van der Waals surface area contributed by atoms with Crippen LogP contribution in [-0.2, 0) is 28.2 Å². The van der Waals surface area contributed by atoms with E-state index in [9.17, 15) is 14.2 Å². The van der Waals surface area contributed by atoms with Crippen molar-refractivity contribution in [2.45, 2.75) is 200 Å². The number of allylic oxidation sites excluding steroid dienone is 4. The van der Waals surface area contributed by atoms with Crippen molar-refractivity contribution < 1.29 is 37.9 Å². The van der Waals surface area contributed by atoms with Gasteiger partial charge >= 0.3 is 19.8 Å². The van der Waals surface area contributed by atoms with Gasteiger partial charge in [0, 0.05) is 12.8 Å². The van der Waals surface area contributed by atoms with Crippen molar-refractivity contribution in [1.82, 2.24) is 0 Å². The predicted octanol–water partition coefficient (Wildman–Crippen LogP) is 11.6. The van der Waals surface area contributed by atoms with Crippen LogP contribution in [0.2, 0.25) is 0 Å². The summed E-state index contributed by atoms with van der Waals surface area (Å²) in [6.07, 6.45) is 39.0. The van der Waals surface area contributed by atoms with Crippen molar-refractivity contribution in [3.63, 3.8) is 0 Å². The topological polar surface area (TPSA) is 119 Å². The molecule has 0 saturated heterocycles. The first-order chi connectivity index (χ1) is 23.3. The van der Waals surface area contributed by atoms with Gasteiger partial charge in [-0.15, -0.1) is 0 Å². The molecule has 48 heavy (non-hydrogen) atoms. The molecule has 0 fully saturated rings. The zero-order chi connectivity index (χ0) is 35.4. The molecule has 0 saturated carbocycles. The smallest absolute Gasteiger partial charge is 0.462 e. The van der Waals surface area contributed by atoms with Crippen molar-refractivity contribution in [3.05, 3.63) is 24.3 Å². The van der Waals surface area contributed by atoms with Crippen molar-refractivity contribution >= 4 is 19.8 Å². The summed E-state index contributed by atoms with van der Waals surface area (Å²) in [6.45, 7) is 3.64. The molecular weight excluding hydrogens is 627 g/mol. The highest BCUT2D eigenvalue weighted by Crippen LogP contribution is 2.36. The van der Waals surface area contributed by atoms with Gasteiger partial charge in [0.2, 0.25) is 0 Å². The minimum atomic E-state index is -4.75. The fraction of sp³-hybridized carbons (Fsp3) is 0.846. The largest absolute Gasteiger partial charge is 0.469 e. The van der Waals surface area contributed by atoms with Gasteiger partial charge in [-0.1, -0.05) is 147 Å². The second-order valence-electron chi connectivity index (χ2n) is 13.2. The number of phosphoric acid groups is 1. The second kappa shape index (κ2) is 35.4. The number of phosphoric ester groups is 1. The van der Waals surface area contributed by atoms with Gasteiger partial charge in [0.05, 0.1) is 6.61 Å². The van der Waals surface area contributed by atoms with Crippen molar-refractivity contribution in [2.24, 2.45) is 0 Å². The molecule has 9 heteroatoms. The Morgan fingerprint density at radius 1 is 0.521 bits per heavy atom. The third kappa shape index (κ3) is 37.4. The third-order valence-electron chi connectivity index (χ3n) is 8.44. The Morgan fingerprint density at radius 3 is 1.35 bits per heavy atom. The van der Waals surface area contributed by atoms with Crippen molar-refractivity contribution in [3.8, 4) is 0 Å². The molecule has 282 valence electrons. The normalized spacial score (nSPS) is 12.7. The van der Waals surface area contributed by atoms with E-state index in [-0.39, 0.29) is 19.4 Å². The Labute approximate surface area is 294 Å². The lowest BCUT2D eigenvalue weighted by atomic mass is 10.1. The molecule has 0 spiro atoms. The highest BCUT2D eigenvalue weighted by Gasteiger charge is 2.22. The third-order valence-corrected chi connectivity index (χ3v) is 8.93. The zero-order valence-corrected chi connectivity index (χ0v) is 31.8. The van der Waals surface area contributed by atoms with E-state index in [2.05, 4.69) is 42.7 Å². The monoisotopic (exact) mass is 701 g/mol. The van der Waals surface area contributed by atoms with Gasteiger partial charge in [0.15, 0.2) is 6.10 Å². The van der Waals surface area contributed by atoms with Crippen LogP contribution in [-0.4, -0.2) is 41.0 Å². The van der Waals surface area contributed by atoms with Crippen molar-refractivity contribution in [2.75, 3.05) is 13.2 Å². The Balaban J connectivity index is 3.96. The fourth-order valence-electron chi connectivity index (χ4n) is 5.47. The van der Waals surface area contributed by atoms with Crippen LogP contribution in [0.25, 0.3) is 0 Å². The number of esters is 2. The van der Waals surface area contributed by atoms with E-state index in [0.717, 1.165) is 44.9 Å². The van der Waals surface area contributed by atoms with E-state index in [4.69, 9.17) is 19.3 Å². The first kappa shape index (κ1) is 46.5. The average molecular weight is 701 g/mol. The summed E-state index contributed by atoms with van der Waals surface area (Å²) >= 11 is 0. The fourth-order valence-corrected chi connectivity index (χ4v) is 5.83. The molecule has 0 bridgehead atoms. The minimum Gasteiger partial charge on any atom is -0.462 e. The maximum absolute atomic E-state index is 12.4. The SMILES string of the molecule is CCCC/C=C/CCCCCCCCCCCC(=O)OC[C@H](COP(=O)(O)O)OC(=O)CCCCC/C=C/CCCCCCCCCC. The number of carbonyl (C=O) groups excluding carboxylic acids is 2. The number of unbranched alkanes of at least 4 members (excludes halogenated alkanes) is 22. The molecule has 0 aromatic rings. The molecule has 0 aromatic carbocycles. The quantitative estimate of drug-likeness (QED) is 0.0287. The van der Waals surface area contributed by atoms with E-state index in [1.807, 2.05) is 0 Å². The molecular formula is C39H73O8P. The molecule has 0 aliphatic heterocycles. The Hall–Kier alpha value is -1.47. The van der Waals surface area contributed by atoms with E-state index in [1.54, 1.807) is 0 Å². The van der Waals surface area contributed by atoms with Crippen LogP contribution in [0.3, 0.4) is 0 Å². The minimum absolute atomic E-state index is 0.193. The summed E-state index contributed by atoms with van der Waals surface area (Å²) in [4.78, 5) is 42.7. The Bertz CT molecular complexity index is 838. The molecule has 0 rings (SSSR count). The average Bonchev–Trinajstić information content (AvgIpc) is 3.05. The summed E-state index contributed by atoms with van der Waals surface area (Å²) in [5, 5.41) is 0. The predicted molar refractivity (Wildman–Crippen MR) is 198 cm³/mol. The molecule has 0 amide bonds. The van der Waals surface area contributed by atoms with Crippen LogP contribution in [0.1, 0.15) is 194 Å². The van der Waals surface area contributed by atoms with Gasteiger partial charge in [-0.05, 0) is 57.8 Å². The molecule has 0 aliphatic rings. The van der Waals surface area contributed by atoms with E-state index < -0.39 is 32.5 Å². The first-order valence-electron chi connectivity index (χ1n) is 19.6. The lowest BCUT2D eigenvalue weighted by Crippen LogP contribution is -2.29. The van der Waals surface area contributed by atoms with E-state index in [1.165, 1.54) is 116 Å². The standard InChI is InChI=1S/C39H73O8P/c1-3-5-7-9-11-13-15-17-19-21-23-25-27-29-31-33-38(40)45-35-37(36-46-48(42,43)44)47-39(41)34-32-30-28-26-24-22-20-18-16-14-12-10-8-6-4-2/h9,11,22,24,37H,3-8,10,12-21,23,25-36H2,1-2H3,(H2,42,43,44)/b11-9+,24-22+/t37-/m1/s1. The second-order valence-corrected chi connectivity index (χ2v) is 14.5. The number of hydrogen-bond acceptors (Lipinski definition) is 6. The zero-order valence-electron chi connectivity index (χ0n) is 30.9. The molecule has 0 heterocycles. The summed E-state index contributed by atoms with van der Waals surface area (Å²) in [7, 11) is -4.75. The maximum Gasteiger partial charge on any atom is 0.469 e. The molecule has 1 atom stereocenters. The summed E-state index contributed by atoms with van der Waals surface area (Å²) in [5.74, 6) is -0.902. The van der Waals surface area contributed by atoms with Crippen LogP contribution in [0.5, 0.6) is 0 Å². The Kier molecular flexibility index (Phi) is 34.3. The number of hydrogen-bond donors (Lipinski definition) is 2. The molecule has 0 radical (unpaired) electrons. The molecule has 8 nitrogen and oxygen atoms in total. The van der Waals surface area contributed by atoms with Gasteiger partial charge in [0.1, 0.15) is 6.61 Å². The Morgan fingerprint density at radius 2 is 0.896 bits per heavy atom. The van der Waals surface area contributed by atoms with Gasteiger partial charge in [-0.25, -0.2) is 4.57 Å². The van der Waals surface area contributed by atoms with Crippen LogP contribution in [0.4, 0.5) is 0 Å². The summed E-state index contributed by atoms with van der Waals surface area (Å²) in [6, 6.07) is 0. The van der Waals surface area contributed by atoms with Gasteiger partial charge < -0.3 is 19.3 Å². The summed E-state index contributed by atoms with van der Waals surface area (Å²) in [5.41, 5.74) is 0. The molecule has 2 N–H and O–H groups in total. The maximum atomic E-state index is 12.4. The number of ether oxygens (including phenoxy) is 2. The van der Waals surface area contributed by atoms with Crippen LogP contribution in [0.15, 0.2) is 24.3 Å². The summed E-state index contributed by atoms with van der Waals surface area (Å²) < 4.78 is 26.3. The van der Waals surface area contributed by atoms with Crippen LogP contribution in [0, 0.1) is 0 Å². The highest BCUT2D eigenvalue weighted by molar-refractivity contribution is 7.46. The number of carbonyl (C=O) groups is 2. The lowest BCUT2D eigenvalue weighted by molar-refractivity contribution is -0.161. The molecule has 0 aromatic heterocycles. The van der Waals surface area contributed by atoms with E-state index >= 15 is 0 Å². The van der Waals surface area contributed by atoms with Gasteiger partial charge in [-0.3, -0.25) is 14.1 Å². The molecule has 0 unspecified atom stereocenters. The highest BCUT2D eigenvalue weighted by atomic mass is 31.2. The number of rotatable bonds is 36.